The summed E-state index contributed by atoms with van der Waals surface area (Å²) < 4.78 is 0. The molecule has 1 aromatic carbocycles. The van der Waals surface area contributed by atoms with Gasteiger partial charge in [0.1, 0.15) is 6.29 Å². The molecule has 0 aromatic heterocycles. The summed E-state index contributed by atoms with van der Waals surface area (Å²) in [6, 6.07) is 6.68. The summed E-state index contributed by atoms with van der Waals surface area (Å²) in [5.41, 5.74) is 4.05. The maximum absolute atomic E-state index is 10.4. The Morgan fingerprint density at radius 1 is 0.794 bits per heavy atom. The fourth-order valence-electron chi connectivity index (χ4n) is 2.52. The quantitative estimate of drug-likeness (QED) is 0.332. The number of benzene rings is 1. The number of aldehydes is 1. The highest BCUT2D eigenvalue weighted by atomic mass is 16.1. The SMILES string of the molecule is CC#CC#CC#CC#CC#CC#CC#CC.Cc1ccc(CCCC(C)C)cc1CCC=O.O.[HH].[HH].[HH].[HH].[HH].[HH].[HH].[HH].[HH]. The molecule has 0 aliphatic carbocycles. The largest absolute Gasteiger partial charge is 0.412 e. The summed E-state index contributed by atoms with van der Waals surface area (Å²) in [6.07, 6.45) is 6.23. The maximum atomic E-state index is 10.4. The van der Waals surface area contributed by atoms with E-state index in [0.29, 0.717) is 6.42 Å². The lowest BCUT2D eigenvalue weighted by Crippen LogP contribution is -1.95. The van der Waals surface area contributed by atoms with E-state index in [9.17, 15) is 4.79 Å². The smallest absolute Gasteiger partial charge is 0.120 e. The van der Waals surface area contributed by atoms with E-state index in [4.69, 9.17) is 0 Å². The van der Waals surface area contributed by atoms with Gasteiger partial charge in [-0.25, -0.2) is 0 Å². The van der Waals surface area contributed by atoms with E-state index in [2.05, 4.69) is 122 Å². The standard InChI is InChI=1S/C16H24O.C16H6.H2O.9H2/c1-13(2)6-4-7-15-10-9-14(3)16(12-15)8-5-11-17;1-3-5-7-9-11-13-15-16-14-12-10-8-6-4-2;;;;;;;;;;/h9-13H,4-8H2,1-3H3;1-2H3;1H2;9*1H. The summed E-state index contributed by atoms with van der Waals surface area (Å²) in [5, 5.41) is 0. The van der Waals surface area contributed by atoms with Crippen LogP contribution in [0, 0.1) is 95.7 Å². The minimum absolute atomic E-state index is 0. The van der Waals surface area contributed by atoms with Crippen LogP contribution in [-0.2, 0) is 17.6 Å². The van der Waals surface area contributed by atoms with Gasteiger partial charge in [-0.3, -0.25) is 0 Å². The molecule has 190 valence electrons. The van der Waals surface area contributed by atoms with Crippen molar-refractivity contribution in [3.63, 3.8) is 0 Å². The molecule has 0 heterocycles. The zero-order valence-corrected chi connectivity index (χ0v) is 20.8. The van der Waals surface area contributed by atoms with Crippen molar-refractivity contribution in [2.45, 2.75) is 66.7 Å². The van der Waals surface area contributed by atoms with Crippen LogP contribution in [0.4, 0.5) is 0 Å². The van der Waals surface area contributed by atoms with Gasteiger partial charge in [0.2, 0.25) is 0 Å². The van der Waals surface area contributed by atoms with E-state index in [0.717, 1.165) is 25.0 Å². The van der Waals surface area contributed by atoms with Crippen LogP contribution < -0.4 is 0 Å². The molecule has 0 saturated carbocycles. The van der Waals surface area contributed by atoms with Gasteiger partial charge in [0.25, 0.3) is 0 Å². The highest BCUT2D eigenvalue weighted by molar-refractivity contribution is 5.50. The van der Waals surface area contributed by atoms with Crippen molar-refractivity contribution in [2.75, 3.05) is 0 Å². The van der Waals surface area contributed by atoms with Crippen molar-refractivity contribution in [1.82, 2.24) is 0 Å². The average molecular weight is 467 g/mol. The summed E-state index contributed by atoms with van der Waals surface area (Å²) in [4.78, 5) is 10.4. The molecule has 0 bridgehead atoms. The van der Waals surface area contributed by atoms with E-state index in [1.54, 1.807) is 13.8 Å². The number of aryl methyl sites for hydroxylation is 3. The molecule has 0 fully saturated rings. The minimum Gasteiger partial charge on any atom is -0.412 e. The summed E-state index contributed by atoms with van der Waals surface area (Å²) in [5.74, 6) is 36.4. The van der Waals surface area contributed by atoms with Gasteiger partial charge in [0, 0.05) is 19.3 Å². The fourth-order valence-corrected chi connectivity index (χ4v) is 2.52. The first kappa shape index (κ1) is 32.0. The van der Waals surface area contributed by atoms with Gasteiger partial charge in [-0.05, 0) is 134 Å². The van der Waals surface area contributed by atoms with Crippen LogP contribution >= 0.6 is 0 Å². The molecule has 2 nitrogen and oxygen atoms in total. The Kier molecular flexibility index (Phi) is 22.0. The number of hydrogen-bond donors (Lipinski definition) is 0. The lowest BCUT2D eigenvalue weighted by atomic mass is 9.97. The number of hydrogen-bond acceptors (Lipinski definition) is 1. The molecule has 1 rings (SSSR count). The third-order valence-electron chi connectivity index (χ3n) is 4.13. The zero-order chi connectivity index (χ0) is 24.6. The second-order valence-electron chi connectivity index (χ2n) is 7.25. The number of carbonyl (C=O) groups is 1. The molecule has 0 aliphatic heterocycles. The lowest BCUT2D eigenvalue weighted by molar-refractivity contribution is -0.107. The van der Waals surface area contributed by atoms with Crippen molar-refractivity contribution in [3.8, 4) is 82.9 Å². The van der Waals surface area contributed by atoms with E-state index in [1.165, 1.54) is 29.5 Å². The Bertz CT molecular complexity index is 1170. The van der Waals surface area contributed by atoms with Gasteiger partial charge in [0.05, 0.1) is 0 Å². The van der Waals surface area contributed by atoms with E-state index < -0.39 is 0 Å². The van der Waals surface area contributed by atoms with Gasteiger partial charge in [-0.15, -0.1) is 0 Å². The molecule has 2 N–H and O–H groups in total. The number of rotatable bonds is 7. The molecular formula is C32H50O2. The van der Waals surface area contributed by atoms with Gasteiger partial charge in [-0.2, -0.15) is 0 Å². The summed E-state index contributed by atoms with van der Waals surface area (Å²) >= 11 is 0. The van der Waals surface area contributed by atoms with Crippen molar-refractivity contribution in [2.24, 2.45) is 5.92 Å². The lowest BCUT2D eigenvalue weighted by Gasteiger charge is -2.09. The van der Waals surface area contributed by atoms with Crippen molar-refractivity contribution in [3.05, 3.63) is 34.9 Å². The Morgan fingerprint density at radius 3 is 1.68 bits per heavy atom. The molecule has 0 radical (unpaired) electrons. The fraction of sp³-hybridized carbons (Fsp3) is 0.344. The molecule has 0 atom stereocenters. The zero-order valence-electron chi connectivity index (χ0n) is 20.8. The topological polar surface area (TPSA) is 48.6 Å². The summed E-state index contributed by atoms with van der Waals surface area (Å²) in [6.45, 7) is 10.1. The molecule has 0 spiro atoms. The maximum Gasteiger partial charge on any atom is 0.120 e. The van der Waals surface area contributed by atoms with Crippen LogP contribution in [0.2, 0.25) is 0 Å². The van der Waals surface area contributed by atoms with Gasteiger partial charge in [-0.1, -0.05) is 50.3 Å². The average Bonchev–Trinajstić information content (AvgIpc) is 2.80. The van der Waals surface area contributed by atoms with E-state index in [1.807, 2.05) is 0 Å². The van der Waals surface area contributed by atoms with Crippen LogP contribution in [-0.4, -0.2) is 11.8 Å². The molecule has 1 aromatic rings. The van der Waals surface area contributed by atoms with E-state index >= 15 is 0 Å². The highest BCUT2D eigenvalue weighted by Crippen LogP contribution is 2.16. The van der Waals surface area contributed by atoms with Gasteiger partial charge < -0.3 is 10.3 Å². The van der Waals surface area contributed by atoms with Crippen LogP contribution in [0.5, 0.6) is 0 Å². The first-order valence-electron chi connectivity index (χ1n) is 10.9. The Hall–Kier alpha value is -4.23. The second-order valence-corrected chi connectivity index (χ2v) is 7.25. The van der Waals surface area contributed by atoms with Crippen molar-refractivity contribution in [1.29, 1.82) is 0 Å². The Morgan fingerprint density at radius 2 is 1.26 bits per heavy atom. The van der Waals surface area contributed by atoms with Gasteiger partial charge >= 0.3 is 0 Å². The summed E-state index contributed by atoms with van der Waals surface area (Å²) in [7, 11) is 0. The molecule has 2 heteroatoms. The van der Waals surface area contributed by atoms with Crippen molar-refractivity contribution < 1.29 is 23.1 Å². The van der Waals surface area contributed by atoms with Crippen LogP contribution in [0.25, 0.3) is 0 Å². The molecule has 34 heavy (non-hydrogen) atoms. The van der Waals surface area contributed by atoms with E-state index in [-0.39, 0.29) is 18.3 Å². The predicted molar refractivity (Wildman–Crippen MR) is 162 cm³/mol. The van der Waals surface area contributed by atoms with Crippen LogP contribution in [0.1, 0.15) is 76.5 Å². The Balaban J connectivity index is -0.0000000430. The molecule has 0 unspecified atom stereocenters. The monoisotopic (exact) mass is 466 g/mol. The first-order chi connectivity index (χ1) is 16.0. The predicted octanol–water partition coefficient (Wildman–Crippen LogP) is 6.54. The molecule has 0 aliphatic rings. The molecular weight excluding hydrogens is 416 g/mol. The highest BCUT2D eigenvalue weighted by Gasteiger charge is 2.01. The van der Waals surface area contributed by atoms with Crippen LogP contribution in [0.15, 0.2) is 18.2 Å². The number of carbonyl (C=O) groups excluding carboxylic acids is 1. The molecule has 0 amide bonds. The van der Waals surface area contributed by atoms with Crippen molar-refractivity contribution >= 4 is 6.29 Å². The van der Waals surface area contributed by atoms with Crippen LogP contribution in [0.3, 0.4) is 0 Å². The Labute approximate surface area is 220 Å². The normalized spacial score (nSPS) is 7.24. The molecule has 0 saturated heterocycles. The second kappa shape index (κ2) is 23.4. The van der Waals surface area contributed by atoms with Gasteiger partial charge in [0.15, 0.2) is 0 Å². The third kappa shape index (κ3) is 19.7. The minimum atomic E-state index is 0. The first-order valence-corrected chi connectivity index (χ1v) is 10.9. The third-order valence-corrected chi connectivity index (χ3v) is 4.13.